The maximum Gasteiger partial charge on any atom is 0.488 e. The van der Waals surface area contributed by atoms with Gasteiger partial charge >= 0.3 is 7.12 Å². The predicted octanol–water partition coefficient (Wildman–Crippen LogP) is 1.31. The van der Waals surface area contributed by atoms with Crippen molar-refractivity contribution in [2.45, 2.75) is 4.90 Å². The van der Waals surface area contributed by atoms with E-state index in [0.29, 0.717) is 17.0 Å². The average molecular weight is 343 g/mol. The second-order valence-corrected chi connectivity index (χ2v) is 5.64. The van der Waals surface area contributed by atoms with Gasteiger partial charge in [-0.05, 0) is 36.0 Å². The number of benzene rings is 2. The molecule has 0 spiro atoms. The van der Waals surface area contributed by atoms with E-state index in [1.807, 2.05) is 36.6 Å². The number of hydrogen-bond acceptors (Lipinski definition) is 7. The molecule has 1 aromatic heterocycles. The van der Waals surface area contributed by atoms with Crippen molar-refractivity contribution in [1.82, 2.24) is 9.97 Å². The number of nitrogen functional groups attached to an aromatic ring is 1. The van der Waals surface area contributed by atoms with Crippen LogP contribution in [0.5, 0.6) is 5.75 Å². The van der Waals surface area contributed by atoms with Crippen LogP contribution in [0.2, 0.25) is 0 Å². The number of fused-ring (bicyclic) bond motifs is 1. The lowest BCUT2D eigenvalue weighted by Gasteiger charge is -2.05. The Labute approximate surface area is 144 Å². The highest BCUT2D eigenvalue weighted by atomic mass is 32.2. The van der Waals surface area contributed by atoms with E-state index in [-0.39, 0.29) is 0 Å². The number of thioether (sulfide) groups is 1. The molecule has 24 heavy (non-hydrogen) atoms. The first-order chi connectivity index (χ1) is 11.6. The highest BCUT2D eigenvalue weighted by Gasteiger charge is 2.09. The first-order valence-corrected chi connectivity index (χ1v) is 8.32. The second kappa shape index (κ2) is 8.53. The molecule has 0 radical (unpaired) electrons. The van der Waals surface area contributed by atoms with Crippen LogP contribution in [0.3, 0.4) is 0 Å². The van der Waals surface area contributed by atoms with E-state index >= 15 is 0 Å². The van der Waals surface area contributed by atoms with Crippen molar-refractivity contribution in [2.24, 2.45) is 0 Å². The molecule has 6 nitrogen and oxygen atoms in total. The highest BCUT2D eigenvalue weighted by Crippen LogP contribution is 2.26. The lowest BCUT2D eigenvalue weighted by Crippen LogP contribution is -2.29. The van der Waals surface area contributed by atoms with Crippen molar-refractivity contribution in [3.8, 4) is 5.75 Å². The number of rotatable bonds is 3. The third kappa shape index (κ3) is 4.38. The lowest BCUT2D eigenvalue weighted by molar-refractivity contribution is 0.420. The van der Waals surface area contributed by atoms with Crippen molar-refractivity contribution < 1.29 is 14.8 Å². The summed E-state index contributed by atoms with van der Waals surface area (Å²) in [6.45, 7) is 0. The summed E-state index contributed by atoms with van der Waals surface area (Å²) in [5, 5.41) is 18.2. The zero-order valence-corrected chi connectivity index (χ0v) is 14.2. The Hall–Kier alpha value is -2.29. The lowest BCUT2D eigenvalue weighted by atomic mass is 9.81. The van der Waals surface area contributed by atoms with Gasteiger partial charge in [-0.25, -0.2) is 9.97 Å². The van der Waals surface area contributed by atoms with Crippen LogP contribution in [0.25, 0.3) is 10.9 Å². The Morgan fingerprint density at radius 3 is 2.38 bits per heavy atom. The normalized spacial score (nSPS) is 10.0. The van der Waals surface area contributed by atoms with Gasteiger partial charge in [0.25, 0.3) is 0 Å². The van der Waals surface area contributed by atoms with E-state index in [1.54, 1.807) is 31.0 Å². The van der Waals surface area contributed by atoms with Gasteiger partial charge in [-0.1, -0.05) is 18.2 Å². The fraction of sp³-hybridized carbons (Fsp3) is 0.125. The number of hydrogen-bond donors (Lipinski definition) is 3. The Bertz CT molecular complexity index is 795. The number of ether oxygens (including phenoxy) is 1. The standard InChI is InChI=1S/C9H9N3O.C7H9BO2S/c1-13-7-4-2-3-6-8(7)9(10)12-5-11-6;1-11-7-4-2-6(3-5-7)8(9)10/h2-5H,1H3,(H2,10,11,12);2-5,9-10H,1H3. The molecule has 0 bridgehead atoms. The van der Waals surface area contributed by atoms with Gasteiger partial charge in [0, 0.05) is 4.90 Å². The Kier molecular flexibility index (Phi) is 6.42. The minimum atomic E-state index is -1.36. The van der Waals surface area contributed by atoms with E-state index in [0.717, 1.165) is 15.8 Å². The maximum absolute atomic E-state index is 8.74. The van der Waals surface area contributed by atoms with E-state index in [9.17, 15) is 0 Å². The molecule has 0 saturated carbocycles. The molecular formula is C16H18BN3O3S. The highest BCUT2D eigenvalue weighted by molar-refractivity contribution is 7.98. The van der Waals surface area contributed by atoms with Gasteiger partial charge < -0.3 is 20.5 Å². The van der Waals surface area contributed by atoms with E-state index in [1.165, 1.54) is 6.33 Å². The average Bonchev–Trinajstić information content (AvgIpc) is 2.62. The van der Waals surface area contributed by atoms with Gasteiger partial charge in [0.05, 0.1) is 18.0 Å². The zero-order chi connectivity index (χ0) is 17.5. The van der Waals surface area contributed by atoms with Crippen LogP contribution in [0.4, 0.5) is 5.82 Å². The van der Waals surface area contributed by atoms with Gasteiger partial charge in [0.1, 0.15) is 17.9 Å². The predicted molar refractivity (Wildman–Crippen MR) is 98.6 cm³/mol. The van der Waals surface area contributed by atoms with Gasteiger partial charge in [-0.2, -0.15) is 0 Å². The number of nitrogens with zero attached hydrogens (tertiary/aromatic N) is 2. The molecule has 8 heteroatoms. The SMILES string of the molecule is COc1cccc2ncnc(N)c12.CSc1ccc(B(O)O)cc1. The molecule has 0 amide bonds. The molecule has 0 aliphatic heterocycles. The maximum atomic E-state index is 8.74. The molecule has 3 aromatic rings. The summed E-state index contributed by atoms with van der Waals surface area (Å²) < 4.78 is 5.15. The first-order valence-electron chi connectivity index (χ1n) is 7.10. The Morgan fingerprint density at radius 2 is 1.79 bits per heavy atom. The molecular weight excluding hydrogens is 325 g/mol. The summed E-state index contributed by atoms with van der Waals surface area (Å²) in [7, 11) is 0.243. The van der Waals surface area contributed by atoms with Crippen molar-refractivity contribution >= 4 is 41.1 Å². The molecule has 0 unspecified atom stereocenters. The molecule has 0 atom stereocenters. The minimum Gasteiger partial charge on any atom is -0.496 e. The summed E-state index contributed by atoms with van der Waals surface area (Å²) in [5.74, 6) is 1.15. The molecule has 0 saturated heterocycles. The van der Waals surface area contributed by atoms with Gasteiger partial charge in [0.15, 0.2) is 0 Å². The number of methoxy groups -OCH3 is 1. The van der Waals surface area contributed by atoms with Gasteiger partial charge in [0.2, 0.25) is 0 Å². The van der Waals surface area contributed by atoms with Crippen molar-refractivity contribution in [3.05, 3.63) is 48.8 Å². The van der Waals surface area contributed by atoms with Crippen LogP contribution in [0, 0.1) is 0 Å². The molecule has 3 rings (SSSR count). The fourth-order valence-corrected chi connectivity index (χ4v) is 2.46. The van der Waals surface area contributed by atoms with Crippen LogP contribution in [0.15, 0.2) is 53.7 Å². The summed E-state index contributed by atoms with van der Waals surface area (Å²) in [5.41, 5.74) is 7.03. The van der Waals surface area contributed by atoms with Crippen LogP contribution in [-0.2, 0) is 0 Å². The second-order valence-electron chi connectivity index (χ2n) is 4.76. The number of nitrogens with two attached hydrogens (primary N) is 1. The van der Waals surface area contributed by atoms with Crippen molar-refractivity contribution in [3.63, 3.8) is 0 Å². The number of anilines is 1. The molecule has 2 aromatic carbocycles. The summed E-state index contributed by atoms with van der Waals surface area (Å²) in [6.07, 6.45) is 3.42. The molecule has 0 fully saturated rings. The third-order valence-electron chi connectivity index (χ3n) is 3.29. The minimum absolute atomic E-state index is 0.447. The van der Waals surface area contributed by atoms with Crippen LogP contribution in [-0.4, -0.2) is 40.5 Å². The Balaban J connectivity index is 0.000000177. The molecule has 4 N–H and O–H groups in total. The quantitative estimate of drug-likeness (QED) is 0.487. The number of aromatic nitrogens is 2. The smallest absolute Gasteiger partial charge is 0.488 e. The monoisotopic (exact) mass is 343 g/mol. The first kappa shape index (κ1) is 18.1. The summed E-state index contributed by atoms with van der Waals surface area (Å²) in [6, 6.07) is 12.7. The van der Waals surface area contributed by atoms with Gasteiger partial charge in [-0.3, -0.25) is 0 Å². The topological polar surface area (TPSA) is 101 Å². The molecule has 0 aliphatic carbocycles. The fourth-order valence-electron chi connectivity index (χ4n) is 2.05. The van der Waals surface area contributed by atoms with E-state index in [4.69, 9.17) is 20.5 Å². The molecule has 0 aliphatic rings. The van der Waals surface area contributed by atoms with Gasteiger partial charge in [-0.15, -0.1) is 11.8 Å². The van der Waals surface area contributed by atoms with E-state index in [2.05, 4.69) is 9.97 Å². The van der Waals surface area contributed by atoms with Crippen LogP contribution >= 0.6 is 11.8 Å². The third-order valence-corrected chi connectivity index (χ3v) is 4.03. The van der Waals surface area contributed by atoms with Crippen LogP contribution < -0.4 is 15.9 Å². The summed E-state index contributed by atoms with van der Waals surface area (Å²) in [4.78, 5) is 9.10. The summed E-state index contributed by atoms with van der Waals surface area (Å²) >= 11 is 1.63. The molecule has 124 valence electrons. The van der Waals surface area contributed by atoms with Crippen molar-refractivity contribution in [2.75, 3.05) is 19.1 Å². The Morgan fingerprint density at radius 1 is 1.08 bits per heavy atom. The zero-order valence-electron chi connectivity index (χ0n) is 13.4. The largest absolute Gasteiger partial charge is 0.496 e. The molecule has 1 heterocycles. The van der Waals surface area contributed by atoms with Crippen LogP contribution in [0.1, 0.15) is 0 Å². The van der Waals surface area contributed by atoms with E-state index < -0.39 is 7.12 Å². The van der Waals surface area contributed by atoms with Crippen molar-refractivity contribution in [1.29, 1.82) is 0 Å².